The third-order valence-electron chi connectivity index (χ3n) is 3.86. The summed E-state index contributed by atoms with van der Waals surface area (Å²) in [6.07, 6.45) is 2.17. The minimum atomic E-state index is -0.444. The molecule has 1 aliphatic rings. The molecule has 3 unspecified atom stereocenters. The first-order chi connectivity index (χ1) is 10.5. The van der Waals surface area contributed by atoms with Crippen LogP contribution < -0.4 is 10.6 Å². The zero-order valence-electron chi connectivity index (χ0n) is 12.9. The van der Waals surface area contributed by atoms with Crippen molar-refractivity contribution < 1.29 is 13.9 Å². The van der Waals surface area contributed by atoms with Gasteiger partial charge in [-0.05, 0) is 44.4 Å². The van der Waals surface area contributed by atoms with Crippen molar-refractivity contribution >= 4 is 17.5 Å². The molecule has 1 aromatic carbocycles. The number of benzene rings is 1. The Morgan fingerprint density at radius 3 is 2.91 bits per heavy atom. The standard InChI is InChI=1S/C16H22ClFN2O2/c1-10(12-5-6-15(18)14(17)8-12)20-11(2)16(21)19-9-13-4-3-7-22-13/h5-6,8,10-11,13,20H,3-4,7,9H2,1-2H3,(H,19,21). The van der Waals surface area contributed by atoms with Crippen molar-refractivity contribution in [3.8, 4) is 0 Å². The monoisotopic (exact) mass is 328 g/mol. The average Bonchev–Trinajstić information content (AvgIpc) is 3.00. The van der Waals surface area contributed by atoms with Gasteiger partial charge in [0.15, 0.2) is 0 Å². The maximum atomic E-state index is 13.2. The second-order valence-electron chi connectivity index (χ2n) is 5.66. The van der Waals surface area contributed by atoms with Crippen molar-refractivity contribution in [1.82, 2.24) is 10.6 Å². The first kappa shape index (κ1) is 17.2. The summed E-state index contributed by atoms with van der Waals surface area (Å²) < 4.78 is 18.6. The molecule has 3 atom stereocenters. The molecule has 1 aromatic rings. The summed E-state index contributed by atoms with van der Waals surface area (Å²) in [5, 5.41) is 6.16. The number of nitrogens with one attached hydrogen (secondary N) is 2. The van der Waals surface area contributed by atoms with Crippen molar-refractivity contribution in [2.45, 2.75) is 44.9 Å². The Kier molecular flexibility index (Phi) is 6.17. The summed E-state index contributed by atoms with van der Waals surface area (Å²) in [4.78, 5) is 12.1. The van der Waals surface area contributed by atoms with Gasteiger partial charge in [-0.15, -0.1) is 0 Å². The lowest BCUT2D eigenvalue weighted by Crippen LogP contribution is -2.45. The van der Waals surface area contributed by atoms with Crippen LogP contribution in [0.4, 0.5) is 4.39 Å². The summed E-state index contributed by atoms with van der Waals surface area (Å²) in [6.45, 7) is 5.03. The smallest absolute Gasteiger partial charge is 0.236 e. The molecule has 0 aliphatic carbocycles. The van der Waals surface area contributed by atoms with Crippen molar-refractivity contribution in [2.24, 2.45) is 0 Å². The zero-order valence-corrected chi connectivity index (χ0v) is 13.6. The van der Waals surface area contributed by atoms with E-state index in [9.17, 15) is 9.18 Å². The van der Waals surface area contributed by atoms with Gasteiger partial charge in [0, 0.05) is 19.2 Å². The molecule has 1 amide bonds. The van der Waals surface area contributed by atoms with Crippen LogP contribution in [0, 0.1) is 5.82 Å². The molecule has 1 aliphatic heterocycles. The van der Waals surface area contributed by atoms with Gasteiger partial charge in [-0.2, -0.15) is 0 Å². The molecule has 0 saturated carbocycles. The van der Waals surface area contributed by atoms with E-state index in [2.05, 4.69) is 10.6 Å². The average molecular weight is 329 g/mol. The largest absolute Gasteiger partial charge is 0.376 e. The van der Waals surface area contributed by atoms with E-state index < -0.39 is 5.82 Å². The van der Waals surface area contributed by atoms with E-state index in [-0.39, 0.29) is 29.1 Å². The molecular weight excluding hydrogens is 307 g/mol. The van der Waals surface area contributed by atoms with Crippen LogP contribution in [0.15, 0.2) is 18.2 Å². The quantitative estimate of drug-likeness (QED) is 0.844. The highest BCUT2D eigenvalue weighted by atomic mass is 35.5. The number of amides is 1. The molecule has 6 heteroatoms. The van der Waals surface area contributed by atoms with E-state index in [1.807, 2.05) is 6.92 Å². The lowest BCUT2D eigenvalue weighted by atomic mass is 10.1. The van der Waals surface area contributed by atoms with Gasteiger partial charge < -0.3 is 10.1 Å². The van der Waals surface area contributed by atoms with Crippen LogP contribution in [0.5, 0.6) is 0 Å². The highest BCUT2D eigenvalue weighted by molar-refractivity contribution is 6.30. The molecule has 4 nitrogen and oxygen atoms in total. The number of halogens is 2. The zero-order chi connectivity index (χ0) is 16.1. The van der Waals surface area contributed by atoms with Crippen LogP contribution in [0.25, 0.3) is 0 Å². The van der Waals surface area contributed by atoms with Crippen molar-refractivity contribution in [3.63, 3.8) is 0 Å². The first-order valence-corrected chi connectivity index (χ1v) is 7.95. The fourth-order valence-corrected chi connectivity index (χ4v) is 2.69. The molecule has 0 radical (unpaired) electrons. The fraction of sp³-hybridized carbons (Fsp3) is 0.562. The second-order valence-corrected chi connectivity index (χ2v) is 6.07. The topological polar surface area (TPSA) is 50.4 Å². The molecule has 0 aromatic heterocycles. The maximum absolute atomic E-state index is 13.2. The summed E-state index contributed by atoms with van der Waals surface area (Å²) in [7, 11) is 0. The molecule has 0 spiro atoms. The Labute approximate surface area is 135 Å². The van der Waals surface area contributed by atoms with Crippen LogP contribution in [0.1, 0.15) is 38.3 Å². The number of carbonyl (C=O) groups is 1. The number of ether oxygens (including phenoxy) is 1. The Bertz CT molecular complexity index is 521. The number of rotatable bonds is 6. The van der Waals surface area contributed by atoms with E-state index in [0.717, 1.165) is 25.0 Å². The minimum absolute atomic E-state index is 0.0736. The third kappa shape index (κ3) is 4.66. The fourth-order valence-electron chi connectivity index (χ4n) is 2.50. The van der Waals surface area contributed by atoms with Gasteiger partial charge >= 0.3 is 0 Å². The van der Waals surface area contributed by atoms with Gasteiger partial charge in [0.2, 0.25) is 5.91 Å². The maximum Gasteiger partial charge on any atom is 0.236 e. The summed E-state index contributed by atoms with van der Waals surface area (Å²) in [5.74, 6) is -0.518. The van der Waals surface area contributed by atoms with E-state index in [0.29, 0.717) is 6.54 Å². The number of hydrogen-bond acceptors (Lipinski definition) is 3. The highest BCUT2D eigenvalue weighted by Crippen LogP contribution is 2.21. The second kappa shape index (κ2) is 7.90. The molecule has 0 bridgehead atoms. The van der Waals surface area contributed by atoms with Crippen molar-refractivity contribution in [2.75, 3.05) is 13.2 Å². The normalized spacial score (nSPS) is 20.6. The predicted molar refractivity (Wildman–Crippen MR) is 84.4 cm³/mol. The Balaban J connectivity index is 1.82. The molecule has 1 saturated heterocycles. The lowest BCUT2D eigenvalue weighted by Gasteiger charge is -2.21. The molecule has 1 fully saturated rings. The van der Waals surface area contributed by atoms with Gasteiger partial charge in [-0.25, -0.2) is 4.39 Å². The summed E-state index contributed by atoms with van der Waals surface area (Å²) in [6, 6.07) is 4.10. The van der Waals surface area contributed by atoms with E-state index in [4.69, 9.17) is 16.3 Å². The number of carbonyl (C=O) groups excluding carboxylic acids is 1. The van der Waals surface area contributed by atoms with E-state index >= 15 is 0 Å². The minimum Gasteiger partial charge on any atom is -0.376 e. The van der Waals surface area contributed by atoms with Gasteiger partial charge in [-0.3, -0.25) is 10.1 Å². The molecule has 22 heavy (non-hydrogen) atoms. The van der Waals surface area contributed by atoms with Crippen LogP contribution in [0.3, 0.4) is 0 Å². The van der Waals surface area contributed by atoms with Gasteiger partial charge in [-0.1, -0.05) is 17.7 Å². The van der Waals surface area contributed by atoms with Crippen LogP contribution >= 0.6 is 11.6 Å². The summed E-state index contributed by atoms with van der Waals surface area (Å²) in [5.41, 5.74) is 0.838. The Morgan fingerprint density at radius 1 is 1.50 bits per heavy atom. The Morgan fingerprint density at radius 2 is 2.27 bits per heavy atom. The molecule has 122 valence electrons. The van der Waals surface area contributed by atoms with Crippen molar-refractivity contribution in [3.05, 3.63) is 34.6 Å². The van der Waals surface area contributed by atoms with Crippen LogP contribution in [-0.4, -0.2) is 31.2 Å². The van der Waals surface area contributed by atoms with Crippen molar-refractivity contribution in [1.29, 1.82) is 0 Å². The van der Waals surface area contributed by atoms with Crippen LogP contribution in [0.2, 0.25) is 5.02 Å². The Hall–Kier alpha value is -1.17. The van der Waals surface area contributed by atoms with E-state index in [1.54, 1.807) is 19.1 Å². The van der Waals surface area contributed by atoms with Gasteiger partial charge in [0.25, 0.3) is 0 Å². The lowest BCUT2D eigenvalue weighted by molar-refractivity contribution is -0.123. The molecule has 2 N–H and O–H groups in total. The van der Waals surface area contributed by atoms with Crippen LogP contribution in [-0.2, 0) is 9.53 Å². The van der Waals surface area contributed by atoms with Gasteiger partial charge in [0.05, 0.1) is 17.2 Å². The highest BCUT2D eigenvalue weighted by Gasteiger charge is 2.20. The summed E-state index contributed by atoms with van der Waals surface area (Å²) >= 11 is 5.78. The number of hydrogen-bond donors (Lipinski definition) is 2. The molecule has 2 rings (SSSR count). The molecular formula is C16H22ClFN2O2. The third-order valence-corrected chi connectivity index (χ3v) is 4.15. The van der Waals surface area contributed by atoms with E-state index in [1.165, 1.54) is 6.07 Å². The first-order valence-electron chi connectivity index (χ1n) is 7.57. The SMILES string of the molecule is CC(NC(C)c1ccc(F)c(Cl)c1)C(=O)NCC1CCCO1. The van der Waals surface area contributed by atoms with Gasteiger partial charge in [0.1, 0.15) is 5.82 Å². The molecule has 1 heterocycles. The predicted octanol–water partition coefficient (Wildman–Crippen LogP) is 2.81.